The van der Waals surface area contributed by atoms with Gasteiger partial charge >= 0.3 is 0 Å². The van der Waals surface area contributed by atoms with E-state index in [0.717, 1.165) is 21.2 Å². The third-order valence-corrected chi connectivity index (χ3v) is 6.00. The molecule has 2 aliphatic heterocycles. The van der Waals surface area contributed by atoms with Crippen molar-refractivity contribution in [3.8, 4) is 29.1 Å². The van der Waals surface area contributed by atoms with Crippen LogP contribution in [0.1, 0.15) is 28.2 Å². The van der Waals surface area contributed by atoms with E-state index in [1.165, 1.54) is 5.56 Å². The highest BCUT2D eigenvalue weighted by atomic mass is 79.9. The van der Waals surface area contributed by atoms with Crippen LogP contribution in [0, 0.1) is 18.3 Å². The normalized spacial score (nSPS) is 16.2. The summed E-state index contributed by atoms with van der Waals surface area (Å²) in [5.41, 5.74) is 10.3. The van der Waals surface area contributed by atoms with Crippen LogP contribution in [0.3, 0.4) is 0 Å². The number of rotatable bonds is 4. The van der Waals surface area contributed by atoms with Crippen molar-refractivity contribution in [1.29, 1.82) is 5.26 Å². The van der Waals surface area contributed by atoms with Crippen LogP contribution in [0.25, 0.3) is 0 Å². The van der Waals surface area contributed by atoms with E-state index in [0.29, 0.717) is 35.2 Å². The van der Waals surface area contributed by atoms with Crippen LogP contribution in [-0.2, 0) is 6.61 Å². The summed E-state index contributed by atoms with van der Waals surface area (Å²) < 4.78 is 23.9. The molecule has 7 heteroatoms. The molecule has 6 nitrogen and oxygen atoms in total. The monoisotopic (exact) mass is 490 g/mol. The van der Waals surface area contributed by atoms with Gasteiger partial charge < -0.3 is 24.7 Å². The van der Waals surface area contributed by atoms with E-state index in [1.807, 2.05) is 43.3 Å². The van der Waals surface area contributed by atoms with Gasteiger partial charge in [-0.25, -0.2) is 0 Å². The number of ether oxygens (including phenoxy) is 4. The zero-order valence-electron chi connectivity index (χ0n) is 17.2. The maximum absolute atomic E-state index is 9.93. The van der Waals surface area contributed by atoms with E-state index in [1.54, 1.807) is 6.07 Å². The number of fused-ring (bicyclic) bond motifs is 2. The molecule has 2 N–H and O–H groups in total. The Morgan fingerprint density at radius 1 is 1.03 bits per heavy atom. The molecule has 3 aromatic rings. The van der Waals surface area contributed by atoms with Gasteiger partial charge in [0.05, 0.1) is 5.92 Å². The van der Waals surface area contributed by atoms with Crippen LogP contribution in [0.2, 0.25) is 0 Å². The molecule has 0 amide bonds. The molecule has 0 radical (unpaired) electrons. The second-order valence-electron chi connectivity index (χ2n) is 7.62. The average molecular weight is 491 g/mol. The molecule has 0 aliphatic carbocycles. The third-order valence-electron chi connectivity index (χ3n) is 5.51. The van der Waals surface area contributed by atoms with Crippen LogP contribution in [0.15, 0.2) is 70.5 Å². The van der Waals surface area contributed by atoms with E-state index < -0.39 is 5.92 Å². The Kier molecular flexibility index (Phi) is 5.16. The van der Waals surface area contributed by atoms with Gasteiger partial charge in [0.1, 0.15) is 29.7 Å². The number of hydrogen-bond donors (Lipinski definition) is 1. The number of halogens is 1. The fourth-order valence-corrected chi connectivity index (χ4v) is 4.27. The molecule has 5 rings (SSSR count). The fraction of sp³-hybridized carbons (Fsp3) is 0.160. The summed E-state index contributed by atoms with van der Waals surface area (Å²) in [6.45, 7) is 2.58. The van der Waals surface area contributed by atoms with Crippen LogP contribution in [-0.4, -0.2) is 6.79 Å². The summed E-state index contributed by atoms with van der Waals surface area (Å²) in [4.78, 5) is 0. The molecule has 0 unspecified atom stereocenters. The van der Waals surface area contributed by atoms with E-state index in [4.69, 9.17) is 24.7 Å². The Morgan fingerprint density at radius 3 is 2.53 bits per heavy atom. The first-order valence-corrected chi connectivity index (χ1v) is 10.8. The molecule has 2 aliphatic rings. The van der Waals surface area contributed by atoms with Crippen LogP contribution in [0.5, 0.6) is 23.0 Å². The highest BCUT2D eigenvalue weighted by Gasteiger charge is 2.35. The molecule has 0 spiro atoms. The highest BCUT2D eigenvalue weighted by molar-refractivity contribution is 9.10. The van der Waals surface area contributed by atoms with E-state index >= 15 is 0 Å². The number of benzene rings is 3. The van der Waals surface area contributed by atoms with Crippen molar-refractivity contribution < 1.29 is 18.9 Å². The van der Waals surface area contributed by atoms with Gasteiger partial charge in [-0.2, -0.15) is 5.26 Å². The summed E-state index contributed by atoms with van der Waals surface area (Å²) in [5, 5.41) is 9.93. The van der Waals surface area contributed by atoms with Crippen molar-refractivity contribution in [3.05, 3.63) is 92.8 Å². The number of allylic oxidation sites excluding steroid dienone is 1. The molecule has 0 saturated heterocycles. The van der Waals surface area contributed by atoms with Crippen LogP contribution >= 0.6 is 15.9 Å². The Hall–Kier alpha value is -3.63. The zero-order valence-corrected chi connectivity index (χ0v) is 18.8. The van der Waals surface area contributed by atoms with Gasteiger partial charge in [0.25, 0.3) is 0 Å². The standard InChI is InChI=1S/C25H19BrN2O4/c1-14-2-4-15(5-3-14)12-29-20-7-6-16(26)8-17(20)24-18-9-22-23(31-13-30-22)10-21(18)32-25(28)19(24)11-27/h2-10,24H,12-13,28H2,1H3/t24-/m0/s1. The molecule has 0 saturated carbocycles. The summed E-state index contributed by atoms with van der Waals surface area (Å²) in [7, 11) is 0. The van der Waals surface area contributed by atoms with Crippen molar-refractivity contribution in [3.63, 3.8) is 0 Å². The topological polar surface area (TPSA) is 86.7 Å². The van der Waals surface area contributed by atoms with Crippen molar-refractivity contribution in [2.75, 3.05) is 6.79 Å². The smallest absolute Gasteiger partial charge is 0.231 e. The molecule has 2 heterocycles. The number of hydrogen-bond acceptors (Lipinski definition) is 6. The molecule has 0 aromatic heterocycles. The SMILES string of the molecule is Cc1ccc(COc2ccc(Br)cc2[C@@H]2C(C#N)=C(N)Oc3cc4c(cc32)OCO4)cc1. The predicted molar refractivity (Wildman–Crippen MR) is 122 cm³/mol. The van der Waals surface area contributed by atoms with Crippen molar-refractivity contribution in [1.82, 2.24) is 0 Å². The van der Waals surface area contributed by atoms with Gasteiger partial charge in [0.15, 0.2) is 11.5 Å². The Morgan fingerprint density at radius 2 is 1.78 bits per heavy atom. The van der Waals surface area contributed by atoms with Gasteiger partial charge in [0, 0.05) is 21.7 Å². The fourth-order valence-electron chi connectivity index (χ4n) is 3.89. The molecular formula is C25H19BrN2O4. The summed E-state index contributed by atoms with van der Waals surface area (Å²) in [5.74, 6) is 1.95. The Labute approximate surface area is 193 Å². The van der Waals surface area contributed by atoms with E-state index in [-0.39, 0.29) is 12.7 Å². The molecule has 0 fully saturated rings. The minimum atomic E-state index is -0.483. The predicted octanol–water partition coefficient (Wildman–Crippen LogP) is 5.28. The number of nitrogens with zero attached hydrogens (tertiary/aromatic N) is 1. The van der Waals surface area contributed by atoms with Gasteiger partial charge in [0.2, 0.25) is 12.7 Å². The lowest BCUT2D eigenvalue weighted by Gasteiger charge is -2.28. The first kappa shape index (κ1) is 20.3. The number of nitrogens with two attached hydrogens (primary N) is 1. The first-order chi connectivity index (χ1) is 15.5. The van der Waals surface area contributed by atoms with E-state index in [2.05, 4.69) is 34.1 Å². The van der Waals surface area contributed by atoms with E-state index in [9.17, 15) is 5.26 Å². The Balaban J connectivity index is 1.59. The van der Waals surface area contributed by atoms with Crippen molar-refractivity contribution in [2.24, 2.45) is 5.73 Å². The minimum Gasteiger partial charge on any atom is -0.489 e. The highest BCUT2D eigenvalue weighted by Crippen LogP contribution is 2.49. The second kappa shape index (κ2) is 8.13. The molecule has 32 heavy (non-hydrogen) atoms. The third kappa shape index (κ3) is 3.63. The van der Waals surface area contributed by atoms with Crippen LogP contribution in [0.4, 0.5) is 0 Å². The molecule has 0 bridgehead atoms. The maximum Gasteiger partial charge on any atom is 0.231 e. The number of aryl methyl sites for hydroxylation is 1. The maximum atomic E-state index is 9.93. The quantitative estimate of drug-likeness (QED) is 0.534. The van der Waals surface area contributed by atoms with Gasteiger partial charge in [-0.1, -0.05) is 45.8 Å². The van der Waals surface area contributed by atoms with Gasteiger partial charge in [-0.15, -0.1) is 0 Å². The van der Waals surface area contributed by atoms with Gasteiger partial charge in [-0.3, -0.25) is 0 Å². The van der Waals surface area contributed by atoms with Gasteiger partial charge in [-0.05, 0) is 36.8 Å². The lowest BCUT2D eigenvalue weighted by molar-refractivity contribution is 0.174. The lowest BCUT2D eigenvalue weighted by atomic mass is 9.83. The second-order valence-corrected chi connectivity index (χ2v) is 8.54. The van der Waals surface area contributed by atoms with Crippen LogP contribution < -0.4 is 24.7 Å². The molecule has 3 aromatic carbocycles. The molecular weight excluding hydrogens is 472 g/mol. The summed E-state index contributed by atoms with van der Waals surface area (Å²) >= 11 is 3.55. The Bertz CT molecular complexity index is 1280. The first-order valence-electron chi connectivity index (χ1n) is 10.0. The van der Waals surface area contributed by atoms with Crippen molar-refractivity contribution in [2.45, 2.75) is 19.4 Å². The zero-order chi connectivity index (χ0) is 22.2. The minimum absolute atomic E-state index is 0.0633. The largest absolute Gasteiger partial charge is 0.489 e. The van der Waals surface area contributed by atoms with Crippen molar-refractivity contribution >= 4 is 15.9 Å². The average Bonchev–Trinajstić information content (AvgIpc) is 3.24. The summed E-state index contributed by atoms with van der Waals surface area (Å²) in [6.07, 6.45) is 0. The molecule has 1 atom stereocenters. The number of nitriles is 1. The lowest BCUT2D eigenvalue weighted by Crippen LogP contribution is -2.21. The summed E-state index contributed by atoms with van der Waals surface area (Å²) in [6, 6.07) is 19.7. The molecule has 160 valence electrons.